The average Bonchev–Trinajstić information content (AvgIpc) is 2.85. The molecular weight excluding hydrogens is 294 g/mol. The molecule has 114 valence electrons. The molecule has 0 unspecified atom stereocenters. The second-order valence-corrected chi connectivity index (χ2v) is 7.57. The first-order chi connectivity index (χ1) is 10.8. The molecule has 0 radical (unpaired) electrons. The second kappa shape index (κ2) is 5.50. The van der Waals surface area contributed by atoms with Crippen LogP contribution in [0.5, 0.6) is 0 Å². The fourth-order valence-corrected chi connectivity index (χ4v) is 5.05. The minimum atomic E-state index is 0.683. The lowest BCUT2D eigenvalue weighted by Gasteiger charge is -2.53. The number of hydrogen-bond acceptors (Lipinski definition) is 5. The monoisotopic (exact) mass is 313 g/mol. The van der Waals surface area contributed by atoms with Crippen molar-refractivity contribution in [3.8, 4) is 11.5 Å². The van der Waals surface area contributed by atoms with E-state index < -0.39 is 0 Å². The molecule has 2 aromatic heterocycles. The molecule has 2 saturated carbocycles. The number of aromatic nitrogens is 5. The van der Waals surface area contributed by atoms with Crippen LogP contribution in [0.15, 0.2) is 36.4 Å². The summed E-state index contributed by atoms with van der Waals surface area (Å²) in [6, 6.07) is 0. The number of rotatable bonds is 5. The van der Waals surface area contributed by atoms with Crippen LogP contribution < -0.4 is 0 Å². The lowest BCUT2D eigenvalue weighted by atomic mass is 9.56. The molecule has 0 bridgehead atoms. The molecule has 0 aromatic carbocycles. The molecule has 2 aromatic rings. The van der Waals surface area contributed by atoms with Gasteiger partial charge in [0.25, 0.3) is 0 Å². The van der Waals surface area contributed by atoms with Crippen LogP contribution in [0.4, 0.5) is 0 Å². The van der Waals surface area contributed by atoms with Crippen molar-refractivity contribution >= 4 is 11.8 Å². The topological polar surface area (TPSA) is 56.5 Å². The molecule has 22 heavy (non-hydrogen) atoms. The summed E-state index contributed by atoms with van der Waals surface area (Å²) in [5.74, 6) is 0.771. The molecule has 0 saturated heterocycles. The summed E-state index contributed by atoms with van der Waals surface area (Å²) in [6.07, 6.45) is 13.9. The Morgan fingerprint density at radius 1 is 1.32 bits per heavy atom. The smallest absolute Gasteiger partial charge is 0.192 e. The predicted molar refractivity (Wildman–Crippen MR) is 86.4 cm³/mol. The molecule has 4 rings (SSSR count). The predicted octanol–water partition coefficient (Wildman–Crippen LogP) is 3.35. The van der Waals surface area contributed by atoms with Gasteiger partial charge in [-0.25, -0.2) is 4.98 Å². The number of thioether (sulfide) groups is 1. The SMILES string of the molecule is C=CCn1c(SC2CC3(CCC3)C2)nnc1-c1cnccn1. The Morgan fingerprint density at radius 3 is 2.82 bits per heavy atom. The van der Waals surface area contributed by atoms with E-state index in [9.17, 15) is 0 Å². The van der Waals surface area contributed by atoms with Crippen LogP contribution >= 0.6 is 11.8 Å². The zero-order valence-corrected chi connectivity index (χ0v) is 13.3. The van der Waals surface area contributed by atoms with E-state index in [4.69, 9.17) is 0 Å². The fourth-order valence-electron chi connectivity index (χ4n) is 3.50. The highest BCUT2D eigenvalue weighted by molar-refractivity contribution is 7.99. The second-order valence-electron chi connectivity index (χ2n) is 6.30. The Balaban J connectivity index is 1.55. The lowest BCUT2D eigenvalue weighted by molar-refractivity contribution is 0.0381. The van der Waals surface area contributed by atoms with E-state index in [1.807, 2.05) is 17.8 Å². The van der Waals surface area contributed by atoms with Gasteiger partial charge in [0.05, 0.1) is 6.20 Å². The molecule has 5 nitrogen and oxygen atoms in total. The van der Waals surface area contributed by atoms with Crippen LogP contribution in [0.2, 0.25) is 0 Å². The van der Waals surface area contributed by atoms with Crippen molar-refractivity contribution in [3.05, 3.63) is 31.2 Å². The minimum Gasteiger partial charge on any atom is -0.297 e. The van der Waals surface area contributed by atoms with E-state index in [0.717, 1.165) is 16.7 Å². The summed E-state index contributed by atoms with van der Waals surface area (Å²) in [5.41, 5.74) is 1.45. The maximum Gasteiger partial charge on any atom is 0.192 e. The quantitative estimate of drug-likeness (QED) is 0.792. The Hall–Kier alpha value is -1.69. The summed E-state index contributed by atoms with van der Waals surface area (Å²) < 4.78 is 2.09. The van der Waals surface area contributed by atoms with E-state index in [1.165, 1.54) is 32.1 Å². The molecule has 0 aliphatic heterocycles. The molecule has 2 aliphatic rings. The van der Waals surface area contributed by atoms with Crippen LogP contribution in [0, 0.1) is 5.41 Å². The van der Waals surface area contributed by atoms with Gasteiger partial charge in [0, 0.05) is 24.2 Å². The van der Waals surface area contributed by atoms with Crippen LogP contribution in [0.25, 0.3) is 11.5 Å². The van der Waals surface area contributed by atoms with Crippen molar-refractivity contribution in [2.45, 2.75) is 49.1 Å². The Kier molecular flexibility index (Phi) is 3.48. The number of allylic oxidation sites excluding steroid dienone is 1. The molecule has 0 atom stereocenters. The van der Waals surface area contributed by atoms with Gasteiger partial charge in [-0.1, -0.05) is 24.3 Å². The number of nitrogens with zero attached hydrogens (tertiary/aromatic N) is 5. The molecule has 0 N–H and O–H groups in total. The summed E-state index contributed by atoms with van der Waals surface area (Å²) >= 11 is 1.86. The van der Waals surface area contributed by atoms with E-state index in [1.54, 1.807) is 18.6 Å². The molecular formula is C16H19N5S. The zero-order chi connectivity index (χ0) is 15.0. The van der Waals surface area contributed by atoms with Gasteiger partial charge in [-0.2, -0.15) is 0 Å². The normalized spacial score (nSPS) is 19.6. The third kappa shape index (κ3) is 2.35. The standard InChI is InChI=1S/C16H19N5S/c1-2-8-21-14(13-11-17-6-7-18-13)19-20-15(21)22-12-9-16(10-12)4-3-5-16/h2,6-7,11-12H,1,3-5,8-10H2. The summed E-state index contributed by atoms with van der Waals surface area (Å²) in [7, 11) is 0. The Labute approximate surface area is 134 Å². The van der Waals surface area contributed by atoms with Gasteiger partial charge in [-0.05, 0) is 31.1 Å². The van der Waals surface area contributed by atoms with E-state index in [0.29, 0.717) is 17.2 Å². The first-order valence-electron chi connectivity index (χ1n) is 7.77. The van der Waals surface area contributed by atoms with E-state index >= 15 is 0 Å². The zero-order valence-electron chi connectivity index (χ0n) is 12.5. The summed E-state index contributed by atoms with van der Waals surface area (Å²) in [4.78, 5) is 8.46. The maximum absolute atomic E-state index is 4.38. The third-order valence-electron chi connectivity index (χ3n) is 4.83. The molecule has 2 aliphatic carbocycles. The highest BCUT2D eigenvalue weighted by Gasteiger charge is 2.48. The van der Waals surface area contributed by atoms with Gasteiger partial charge in [-0.15, -0.1) is 16.8 Å². The van der Waals surface area contributed by atoms with Crippen LogP contribution in [0.1, 0.15) is 32.1 Å². The van der Waals surface area contributed by atoms with Crippen molar-refractivity contribution in [3.63, 3.8) is 0 Å². The van der Waals surface area contributed by atoms with Crippen LogP contribution in [-0.4, -0.2) is 30.0 Å². The molecule has 1 spiro atoms. The molecule has 2 heterocycles. The fraction of sp³-hybridized carbons (Fsp3) is 0.500. The highest BCUT2D eigenvalue weighted by Crippen LogP contribution is 2.59. The average molecular weight is 313 g/mol. The van der Waals surface area contributed by atoms with Crippen molar-refractivity contribution in [2.75, 3.05) is 0 Å². The Bertz CT molecular complexity index is 669. The van der Waals surface area contributed by atoms with Crippen molar-refractivity contribution in [2.24, 2.45) is 5.41 Å². The highest BCUT2D eigenvalue weighted by atomic mass is 32.2. The maximum atomic E-state index is 4.38. The van der Waals surface area contributed by atoms with Crippen LogP contribution in [-0.2, 0) is 6.54 Å². The van der Waals surface area contributed by atoms with Gasteiger partial charge in [0.1, 0.15) is 5.69 Å². The molecule has 0 amide bonds. The van der Waals surface area contributed by atoms with Gasteiger partial charge < -0.3 is 0 Å². The largest absolute Gasteiger partial charge is 0.297 e. The molecule has 2 fully saturated rings. The molecule has 6 heteroatoms. The van der Waals surface area contributed by atoms with Crippen molar-refractivity contribution < 1.29 is 0 Å². The summed E-state index contributed by atoms with van der Waals surface area (Å²) in [5, 5.41) is 10.4. The Morgan fingerprint density at radius 2 is 2.18 bits per heavy atom. The van der Waals surface area contributed by atoms with Gasteiger partial charge in [-0.3, -0.25) is 9.55 Å². The first-order valence-corrected chi connectivity index (χ1v) is 8.65. The first kappa shape index (κ1) is 13.9. The van der Waals surface area contributed by atoms with Crippen molar-refractivity contribution in [1.82, 2.24) is 24.7 Å². The summed E-state index contributed by atoms with van der Waals surface area (Å²) in [6.45, 7) is 4.54. The minimum absolute atomic E-state index is 0.683. The third-order valence-corrected chi connectivity index (χ3v) is 6.01. The van der Waals surface area contributed by atoms with Gasteiger partial charge in [0.15, 0.2) is 11.0 Å². The van der Waals surface area contributed by atoms with E-state index in [2.05, 4.69) is 31.3 Å². The van der Waals surface area contributed by atoms with Gasteiger partial charge >= 0.3 is 0 Å². The van der Waals surface area contributed by atoms with E-state index in [-0.39, 0.29) is 0 Å². The van der Waals surface area contributed by atoms with Crippen LogP contribution in [0.3, 0.4) is 0 Å². The number of hydrogen-bond donors (Lipinski definition) is 0. The van der Waals surface area contributed by atoms with Crippen molar-refractivity contribution in [1.29, 1.82) is 0 Å². The lowest BCUT2D eigenvalue weighted by Crippen LogP contribution is -2.44. The van der Waals surface area contributed by atoms with Gasteiger partial charge in [0.2, 0.25) is 0 Å².